The summed E-state index contributed by atoms with van der Waals surface area (Å²) in [6, 6.07) is 21.1. The van der Waals surface area contributed by atoms with Gasteiger partial charge in [-0.05, 0) is 46.5 Å². The fraction of sp³-hybridized carbons (Fsp3) is 0.240. The normalized spacial score (nSPS) is 11.3. The number of carbonyl (C=O) groups is 1. The molecule has 136 valence electrons. The summed E-state index contributed by atoms with van der Waals surface area (Å²) >= 11 is 1.90. The molecule has 0 aliphatic heterocycles. The molecule has 0 aliphatic rings. The van der Waals surface area contributed by atoms with Crippen LogP contribution in [0.25, 0.3) is 32.0 Å². The van der Waals surface area contributed by atoms with Gasteiger partial charge in [0, 0.05) is 20.9 Å². The summed E-state index contributed by atoms with van der Waals surface area (Å²) in [6.07, 6.45) is 7.33. The van der Waals surface area contributed by atoms with E-state index in [9.17, 15) is 4.79 Å². The lowest BCUT2D eigenvalue weighted by Gasteiger charge is -2.13. The number of hydrogen-bond acceptors (Lipinski definition) is 2. The minimum Gasteiger partial charge on any atom is -0.298 e. The van der Waals surface area contributed by atoms with Crippen molar-refractivity contribution in [3.05, 3.63) is 71.1 Å². The molecule has 0 fully saturated rings. The Bertz CT molecular complexity index is 1030. The van der Waals surface area contributed by atoms with Gasteiger partial charge in [-0.25, -0.2) is 0 Å². The van der Waals surface area contributed by atoms with E-state index < -0.39 is 0 Å². The molecular weight excluding hydrogens is 348 g/mol. The highest BCUT2D eigenvalue weighted by atomic mass is 32.1. The van der Waals surface area contributed by atoms with Gasteiger partial charge in [0.1, 0.15) is 0 Å². The Morgan fingerprint density at radius 3 is 2.00 bits per heavy atom. The van der Waals surface area contributed by atoms with Gasteiger partial charge in [-0.2, -0.15) is 0 Å². The monoisotopic (exact) mass is 372 g/mol. The molecular formula is C25H24OS. The van der Waals surface area contributed by atoms with Gasteiger partial charge in [-0.1, -0.05) is 74.7 Å². The van der Waals surface area contributed by atoms with Gasteiger partial charge < -0.3 is 0 Å². The van der Waals surface area contributed by atoms with Crippen LogP contribution in [-0.2, 0) is 6.42 Å². The van der Waals surface area contributed by atoms with Crippen LogP contribution in [-0.4, -0.2) is 6.29 Å². The number of hydrogen-bond donors (Lipinski definition) is 0. The Labute approximate surface area is 164 Å². The second kappa shape index (κ2) is 8.06. The van der Waals surface area contributed by atoms with Crippen molar-refractivity contribution < 1.29 is 4.79 Å². The Hall–Kier alpha value is -2.45. The summed E-state index contributed by atoms with van der Waals surface area (Å²) in [7, 11) is 0. The molecule has 27 heavy (non-hydrogen) atoms. The van der Waals surface area contributed by atoms with Gasteiger partial charge in [-0.15, -0.1) is 11.3 Å². The first-order chi connectivity index (χ1) is 13.3. The zero-order chi connectivity index (χ0) is 18.6. The zero-order valence-electron chi connectivity index (χ0n) is 15.7. The van der Waals surface area contributed by atoms with Gasteiger partial charge in [-0.3, -0.25) is 4.79 Å². The quantitative estimate of drug-likeness (QED) is 0.185. The van der Waals surface area contributed by atoms with Crippen molar-refractivity contribution in [1.29, 1.82) is 0 Å². The van der Waals surface area contributed by atoms with Crippen LogP contribution in [0.5, 0.6) is 0 Å². The van der Waals surface area contributed by atoms with E-state index in [2.05, 4.69) is 55.5 Å². The standard InChI is InChI=1S/C25H24OS/c1-2-3-4-5-10-18-15-16-24(27-18)25-21-13-8-6-11-19(21)23(17-26)20-12-7-9-14-22(20)25/h6-9,11-17H,2-5,10H2,1H3. The number of thiophene rings is 1. The third-order valence-corrected chi connectivity index (χ3v) is 6.44. The molecule has 0 aliphatic carbocycles. The van der Waals surface area contributed by atoms with E-state index in [1.165, 1.54) is 41.0 Å². The predicted octanol–water partition coefficient (Wildman–Crippen LogP) is 7.66. The second-order valence-corrected chi connectivity index (χ2v) is 8.24. The largest absolute Gasteiger partial charge is 0.298 e. The van der Waals surface area contributed by atoms with Crippen LogP contribution in [0, 0.1) is 0 Å². The lowest BCUT2D eigenvalue weighted by atomic mass is 9.91. The molecule has 4 rings (SSSR count). The molecule has 0 N–H and O–H groups in total. The van der Waals surface area contributed by atoms with Gasteiger partial charge in [0.05, 0.1) is 0 Å². The van der Waals surface area contributed by atoms with Crippen LogP contribution < -0.4 is 0 Å². The number of carbonyl (C=O) groups excluding carboxylic acids is 1. The molecule has 0 spiro atoms. The van der Waals surface area contributed by atoms with Crippen molar-refractivity contribution in [2.24, 2.45) is 0 Å². The van der Waals surface area contributed by atoms with Crippen LogP contribution in [0.2, 0.25) is 0 Å². The summed E-state index contributed by atoms with van der Waals surface area (Å²) in [4.78, 5) is 14.6. The van der Waals surface area contributed by atoms with E-state index in [1.807, 2.05) is 23.5 Å². The van der Waals surface area contributed by atoms with E-state index in [0.29, 0.717) is 0 Å². The second-order valence-electron chi connectivity index (χ2n) is 7.07. The number of benzene rings is 3. The molecule has 1 heterocycles. The van der Waals surface area contributed by atoms with Crippen LogP contribution in [0.3, 0.4) is 0 Å². The molecule has 0 atom stereocenters. The number of fused-ring (bicyclic) bond motifs is 2. The average Bonchev–Trinajstić information content (AvgIpc) is 3.17. The minimum absolute atomic E-state index is 0.793. The molecule has 4 aromatic rings. The molecule has 0 bridgehead atoms. The highest BCUT2D eigenvalue weighted by Crippen LogP contribution is 2.41. The first-order valence-corrected chi connectivity index (χ1v) is 10.6. The van der Waals surface area contributed by atoms with Crippen LogP contribution in [0.15, 0.2) is 60.7 Å². The van der Waals surface area contributed by atoms with Crippen LogP contribution >= 0.6 is 11.3 Å². The Balaban J connectivity index is 1.86. The highest BCUT2D eigenvalue weighted by molar-refractivity contribution is 7.15. The number of unbranched alkanes of at least 4 members (excludes halogenated alkanes) is 3. The van der Waals surface area contributed by atoms with Crippen LogP contribution in [0.1, 0.15) is 47.8 Å². The maximum atomic E-state index is 11.9. The maximum absolute atomic E-state index is 11.9. The Morgan fingerprint density at radius 1 is 0.778 bits per heavy atom. The van der Waals surface area contributed by atoms with Gasteiger partial charge in [0.15, 0.2) is 6.29 Å². The minimum atomic E-state index is 0.793. The average molecular weight is 373 g/mol. The summed E-state index contributed by atoms with van der Waals surface area (Å²) in [5, 5.41) is 4.41. The van der Waals surface area contributed by atoms with Crippen molar-refractivity contribution >= 4 is 39.2 Å². The Morgan fingerprint density at radius 2 is 1.41 bits per heavy atom. The predicted molar refractivity (Wildman–Crippen MR) is 118 cm³/mol. The summed E-state index contributed by atoms with van der Waals surface area (Å²) in [5.41, 5.74) is 2.05. The fourth-order valence-electron chi connectivity index (χ4n) is 3.93. The fourth-order valence-corrected chi connectivity index (χ4v) is 5.05. The van der Waals surface area contributed by atoms with Crippen molar-refractivity contribution in [3.8, 4) is 10.4 Å². The molecule has 0 saturated heterocycles. The van der Waals surface area contributed by atoms with Crippen molar-refractivity contribution in [2.45, 2.75) is 39.0 Å². The topological polar surface area (TPSA) is 17.1 Å². The summed E-state index contributed by atoms with van der Waals surface area (Å²) < 4.78 is 0. The first-order valence-electron chi connectivity index (χ1n) is 9.81. The van der Waals surface area contributed by atoms with Crippen LogP contribution in [0.4, 0.5) is 0 Å². The van der Waals surface area contributed by atoms with Gasteiger partial charge in [0.25, 0.3) is 0 Å². The maximum Gasteiger partial charge on any atom is 0.151 e. The van der Waals surface area contributed by atoms with E-state index in [4.69, 9.17) is 0 Å². The summed E-state index contributed by atoms with van der Waals surface area (Å²) in [6.45, 7) is 2.25. The number of rotatable bonds is 7. The highest BCUT2D eigenvalue weighted by Gasteiger charge is 2.15. The van der Waals surface area contributed by atoms with E-state index in [1.54, 1.807) is 0 Å². The van der Waals surface area contributed by atoms with Gasteiger partial charge in [0.2, 0.25) is 0 Å². The van der Waals surface area contributed by atoms with Crippen molar-refractivity contribution in [1.82, 2.24) is 0 Å². The zero-order valence-corrected chi connectivity index (χ0v) is 16.5. The smallest absolute Gasteiger partial charge is 0.151 e. The molecule has 2 heteroatoms. The van der Waals surface area contributed by atoms with Crippen molar-refractivity contribution in [2.75, 3.05) is 0 Å². The lowest BCUT2D eigenvalue weighted by Crippen LogP contribution is -1.90. The van der Waals surface area contributed by atoms with E-state index >= 15 is 0 Å². The van der Waals surface area contributed by atoms with E-state index in [-0.39, 0.29) is 0 Å². The van der Waals surface area contributed by atoms with Crippen molar-refractivity contribution in [3.63, 3.8) is 0 Å². The number of aryl methyl sites for hydroxylation is 1. The number of aldehydes is 1. The molecule has 0 amide bonds. The van der Waals surface area contributed by atoms with Gasteiger partial charge >= 0.3 is 0 Å². The van der Waals surface area contributed by atoms with E-state index in [0.717, 1.165) is 39.8 Å². The summed E-state index contributed by atoms with van der Waals surface area (Å²) in [5.74, 6) is 0. The molecule has 0 unspecified atom stereocenters. The molecule has 3 aromatic carbocycles. The molecule has 1 nitrogen and oxygen atoms in total. The lowest BCUT2D eigenvalue weighted by molar-refractivity contribution is 0.112. The molecule has 1 aromatic heterocycles. The third kappa shape index (κ3) is 3.42. The SMILES string of the molecule is CCCCCCc1ccc(-c2c3ccccc3c(C=O)c3ccccc23)s1. The third-order valence-electron chi connectivity index (χ3n) is 5.28. The first kappa shape index (κ1) is 17.9. The molecule has 0 saturated carbocycles. The molecule has 0 radical (unpaired) electrons. The Kier molecular flexibility index (Phi) is 5.35.